The van der Waals surface area contributed by atoms with Crippen molar-refractivity contribution in [3.8, 4) is 0 Å². The summed E-state index contributed by atoms with van der Waals surface area (Å²) >= 11 is 12.5. The van der Waals surface area contributed by atoms with Crippen LogP contribution in [0.2, 0.25) is 10.0 Å². The van der Waals surface area contributed by atoms with Crippen molar-refractivity contribution < 1.29 is 4.42 Å². The van der Waals surface area contributed by atoms with Crippen LogP contribution >= 0.6 is 23.2 Å². The monoisotopic (exact) mass is 428 g/mol. The Kier molecular flexibility index (Phi) is 6.24. The second kappa shape index (κ2) is 9.04. The summed E-state index contributed by atoms with van der Waals surface area (Å²) < 4.78 is 5.39. The number of benzene rings is 2. The average molecular weight is 429 g/mol. The number of rotatable bonds is 5. The van der Waals surface area contributed by atoms with Gasteiger partial charge in [-0.1, -0.05) is 60.0 Å². The molecule has 0 atom stereocenters. The maximum atomic E-state index is 12.2. The quantitative estimate of drug-likeness (QED) is 0.465. The van der Waals surface area contributed by atoms with Gasteiger partial charge in [-0.15, -0.1) is 0 Å². The standard InChI is InChI=1S/C23H22Cl2N2O2/c24-18-10-11-22-19(15-18)21(16-23(28)29-22)27(26-12-4-1-5-13-26)14-6-8-17-7-2-3-9-20(17)25/h2-3,6-11,15-16H,1,4-5,12-14H2. The Bertz CT molecular complexity index is 1090. The number of hydrazine groups is 1. The maximum Gasteiger partial charge on any atom is 0.338 e. The fourth-order valence-electron chi connectivity index (χ4n) is 3.71. The molecule has 150 valence electrons. The lowest BCUT2D eigenvalue weighted by atomic mass is 10.1. The number of fused-ring (bicyclic) bond motifs is 1. The topological polar surface area (TPSA) is 36.7 Å². The largest absolute Gasteiger partial charge is 0.423 e. The first-order valence-electron chi connectivity index (χ1n) is 9.79. The fraction of sp³-hybridized carbons (Fsp3) is 0.261. The molecule has 6 heteroatoms. The van der Waals surface area contributed by atoms with Gasteiger partial charge in [0.15, 0.2) is 0 Å². The van der Waals surface area contributed by atoms with E-state index in [1.165, 1.54) is 6.42 Å². The van der Waals surface area contributed by atoms with Crippen molar-refractivity contribution in [1.82, 2.24) is 5.01 Å². The number of hydrogen-bond donors (Lipinski definition) is 0. The number of anilines is 1. The predicted molar refractivity (Wildman–Crippen MR) is 121 cm³/mol. The van der Waals surface area contributed by atoms with Crippen molar-refractivity contribution in [3.63, 3.8) is 0 Å². The Morgan fingerprint density at radius 3 is 2.62 bits per heavy atom. The highest BCUT2D eigenvalue weighted by atomic mass is 35.5. The summed E-state index contributed by atoms with van der Waals surface area (Å²) in [6.07, 6.45) is 7.57. The van der Waals surface area contributed by atoms with Crippen molar-refractivity contribution in [2.75, 3.05) is 24.6 Å². The molecule has 1 aliphatic heterocycles. The second-order valence-corrected chi connectivity index (χ2v) is 7.96. The molecule has 0 unspecified atom stereocenters. The van der Waals surface area contributed by atoms with Gasteiger partial charge in [0.1, 0.15) is 5.58 Å². The van der Waals surface area contributed by atoms with Gasteiger partial charge in [-0.25, -0.2) is 9.80 Å². The van der Waals surface area contributed by atoms with Gasteiger partial charge in [0.2, 0.25) is 0 Å². The molecule has 2 heterocycles. The molecule has 0 bridgehead atoms. The van der Waals surface area contributed by atoms with Crippen molar-refractivity contribution in [1.29, 1.82) is 0 Å². The summed E-state index contributed by atoms with van der Waals surface area (Å²) in [6, 6.07) is 14.6. The van der Waals surface area contributed by atoms with Gasteiger partial charge in [-0.3, -0.25) is 0 Å². The molecule has 1 aromatic heterocycles. The number of hydrogen-bond acceptors (Lipinski definition) is 4. The summed E-state index contributed by atoms with van der Waals surface area (Å²) in [6.45, 7) is 2.50. The van der Waals surface area contributed by atoms with Gasteiger partial charge >= 0.3 is 5.63 Å². The SMILES string of the molecule is O=c1cc(N(CC=Cc2ccccc2Cl)N2CCCCC2)c2cc(Cl)ccc2o1. The molecule has 0 amide bonds. The first kappa shape index (κ1) is 20.0. The van der Waals surface area contributed by atoms with Crippen molar-refractivity contribution in [3.05, 3.63) is 80.6 Å². The summed E-state index contributed by atoms with van der Waals surface area (Å²) in [5.41, 5.74) is 1.94. The highest BCUT2D eigenvalue weighted by Crippen LogP contribution is 2.30. The van der Waals surface area contributed by atoms with Gasteiger partial charge < -0.3 is 9.43 Å². The smallest absolute Gasteiger partial charge is 0.338 e. The van der Waals surface area contributed by atoms with Crippen LogP contribution in [0.3, 0.4) is 0 Å². The third-order valence-electron chi connectivity index (χ3n) is 5.12. The van der Waals surface area contributed by atoms with E-state index in [-0.39, 0.29) is 5.63 Å². The molecule has 0 saturated carbocycles. The van der Waals surface area contributed by atoms with E-state index < -0.39 is 0 Å². The zero-order valence-electron chi connectivity index (χ0n) is 16.0. The van der Waals surface area contributed by atoms with E-state index in [0.717, 1.165) is 42.6 Å². The summed E-state index contributed by atoms with van der Waals surface area (Å²) in [5.74, 6) is 0. The van der Waals surface area contributed by atoms with E-state index in [1.807, 2.05) is 36.4 Å². The minimum atomic E-state index is -0.369. The third-order valence-corrected chi connectivity index (χ3v) is 5.69. The second-order valence-electron chi connectivity index (χ2n) is 7.11. The van der Waals surface area contributed by atoms with Crippen molar-refractivity contribution >= 4 is 45.9 Å². The first-order chi connectivity index (χ1) is 14.1. The minimum Gasteiger partial charge on any atom is -0.423 e. The van der Waals surface area contributed by atoms with Crippen LogP contribution in [-0.2, 0) is 0 Å². The number of nitrogens with zero attached hydrogens (tertiary/aromatic N) is 2. The van der Waals surface area contributed by atoms with Crippen LogP contribution in [0.5, 0.6) is 0 Å². The van der Waals surface area contributed by atoms with Gasteiger partial charge in [0, 0.05) is 34.6 Å². The highest BCUT2D eigenvalue weighted by Gasteiger charge is 2.21. The summed E-state index contributed by atoms with van der Waals surface area (Å²) in [7, 11) is 0. The summed E-state index contributed by atoms with van der Waals surface area (Å²) in [5, 5.41) is 6.61. The molecule has 0 radical (unpaired) electrons. The van der Waals surface area contributed by atoms with Gasteiger partial charge in [0.05, 0.1) is 12.2 Å². The Hall–Kier alpha value is -2.27. The van der Waals surface area contributed by atoms with Crippen LogP contribution in [0.4, 0.5) is 5.69 Å². The van der Waals surface area contributed by atoms with Gasteiger partial charge in [-0.05, 0) is 42.7 Å². The Morgan fingerprint density at radius 1 is 1.03 bits per heavy atom. The molecule has 29 heavy (non-hydrogen) atoms. The van der Waals surface area contributed by atoms with Crippen LogP contribution in [0.25, 0.3) is 17.0 Å². The van der Waals surface area contributed by atoms with E-state index in [2.05, 4.69) is 16.1 Å². The molecule has 0 spiro atoms. The minimum absolute atomic E-state index is 0.369. The van der Waals surface area contributed by atoms with E-state index in [0.29, 0.717) is 22.2 Å². The molecular weight excluding hydrogens is 407 g/mol. The Morgan fingerprint density at radius 2 is 1.83 bits per heavy atom. The molecule has 2 aromatic carbocycles. The van der Waals surface area contributed by atoms with Crippen LogP contribution in [0.1, 0.15) is 24.8 Å². The van der Waals surface area contributed by atoms with Crippen LogP contribution in [0, 0.1) is 0 Å². The van der Waals surface area contributed by atoms with Crippen molar-refractivity contribution in [2.45, 2.75) is 19.3 Å². The molecular formula is C23H22Cl2N2O2. The molecule has 3 aromatic rings. The predicted octanol–water partition coefficient (Wildman–Crippen LogP) is 6.02. The van der Waals surface area contributed by atoms with Gasteiger partial charge in [0.25, 0.3) is 0 Å². The van der Waals surface area contributed by atoms with Gasteiger partial charge in [-0.2, -0.15) is 0 Å². The van der Waals surface area contributed by atoms with E-state index in [4.69, 9.17) is 27.6 Å². The van der Waals surface area contributed by atoms with Crippen LogP contribution < -0.4 is 10.6 Å². The van der Waals surface area contributed by atoms with Crippen LogP contribution in [0.15, 0.2) is 63.8 Å². The Labute approximate surface area is 179 Å². The number of halogens is 2. The molecule has 0 aliphatic carbocycles. The molecule has 0 N–H and O–H groups in total. The van der Waals surface area contributed by atoms with E-state index in [9.17, 15) is 4.79 Å². The van der Waals surface area contributed by atoms with E-state index in [1.54, 1.807) is 18.2 Å². The molecule has 4 nitrogen and oxygen atoms in total. The average Bonchev–Trinajstić information content (AvgIpc) is 2.73. The number of piperidine rings is 1. The highest BCUT2D eigenvalue weighted by molar-refractivity contribution is 6.32. The van der Waals surface area contributed by atoms with Crippen LogP contribution in [-0.4, -0.2) is 24.6 Å². The Balaban J connectivity index is 1.73. The first-order valence-corrected chi connectivity index (χ1v) is 10.5. The normalized spacial score (nSPS) is 15.2. The maximum absolute atomic E-state index is 12.2. The lowest BCUT2D eigenvalue weighted by Gasteiger charge is -2.38. The summed E-state index contributed by atoms with van der Waals surface area (Å²) in [4.78, 5) is 12.2. The lowest BCUT2D eigenvalue weighted by Crippen LogP contribution is -2.46. The zero-order valence-corrected chi connectivity index (χ0v) is 17.5. The van der Waals surface area contributed by atoms with E-state index >= 15 is 0 Å². The van der Waals surface area contributed by atoms with Crippen molar-refractivity contribution in [2.24, 2.45) is 0 Å². The molecule has 1 fully saturated rings. The fourth-order valence-corrected chi connectivity index (χ4v) is 4.08. The molecule has 1 aliphatic rings. The zero-order chi connectivity index (χ0) is 20.2. The lowest BCUT2D eigenvalue weighted by molar-refractivity contribution is 0.214. The third kappa shape index (κ3) is 4.67. The molecule has 4 rings (SSSR count). The molecule has 1 saturated heterocycles.